The third kappa shape index (κ3) is 3.95. The lowest BCUT2D eigenvalue weighted by atomic mass is 10.2. The van der Waals surface area contributed by atoms with Gasteiger partial charge in [0.15, 0.2) is 0 Å². The van der Waals surface area contributed by atoms with E-state index < -0.39 is 29.5 Å². The minimum Gasteiger partial charge on any atom is -0.497 e. The van der Waals surface area contributed by atoms with Gasteiger partial charge in [0, 0.05) is 30.0 Å². The number of amides is 2. The number of methoxy groups -OCH3 is 1. The molecule has 0 saturated carbocycles. The number of ether oxygens (including phenoxy) is 1. The summed E-state index contributed by atoms with van der Waals surface area (Å²) in [5, 5.41) is 6.87. The van der Waals surface area contributed by atoms with Crippen LogP contribution in [0.2, 0.25) is 0 Å². The Labute approximate surface area is 181 Å². The van der Waals surface area contributed by atoms with Crippen molar-refractivity contribution in [3.05, 3.63) is 74.8 Å². The van der Waals surface area contributed by atoms with Gasteiger partial charge in [0.25, 0.3) is 0 Å². The van der Waals surface area contributed by atoms with E-state index in [-0.39, 0.29) is 5.95 Å². The number of carbonyl (C=O) groups excluding carboxylic acids is 2. The van der Waals surface area contributed by atoms with Crippen molar-refractivity contribution >= 4 is 29.1 Å². The molecule has 0 fully saturated rings. The van der Waals surface area contributed by atoms with Crippen LogP contribution in [0.5, 0.6) is 5.75 Å². The summed E-state index contributed by atoms with van der Waals surface area (Å²) in [6.07, 6.45) is 0. The van der Waals surface area contributed by atoms with E-state index in [2.05, 4.69) is 10.4 Å². The van der Waals surface area contributed by atoms with Crippen LogP contribution in [-0.4, -0.2) is 39.8 Å². The van der Waals surface area contributed by atoms with Crippen molar-refractivity contribution in [1.29, 1.82) is 0 Å². The first-order valence-electron chi connectivity index (χ1n) is 9.70. The lowest BCUT2D eigenvalue weighted by molar-refractivity contribution is -0.117. The molecule has 0 saturated heterocycles. The Morgan fingerprint density at radius 2 is 1.72 bits per heavy atom. The smallest absolute Gasteiger partial charge is 0.333 e. The summed E-state index contributed by atoms with van der Waals surface area (Å²) in [5.41, 5.74) is 5.04. The number of nitrogens with one attached hydrogen (secondary N) is 1. The van der Waals surface area contributed by atoms with Gasteiger partial charge in [-0.25, -0.2) is 4.68 Å². The van der Waals surface area contributed by atoms with E-state index in [1.54, 1.807) is 24.1 Å². The highest BCUT2D eigenvalue weighted by Gasteiger charge is 2.26. The molecule has 0 atom stereocenters. The Morgan fingerprint density at radius 1 is 1.03 bits per heavy atom. The lowest BCUT2D eigenvalue weighted by Gasteiger charge is -2.18. The topological polar surface area (TPSA) is 142 Å². The maximum atomic E-state index is 12.6. The fourth-order valence-corrected chi connectivity index (χ4v) is 3.39. The summed E-state index contributed by atoms with van der Waals surface area (Å²) >= 11 is 0. The highest BCUT2D eigenvalue weighted by Crippen LogP contribution is 2.27. The number of fused-ring (bicyclic) bond motifs is 1. The Balaban J connectivity index is 1.58. The number of carbonyl (C=O) groups is 2. The highest BCUT2D eigenvalue weighted by molar-refractivity contribution is 5.94. The molecule has 2 heterocycles. The van der Waals surface area contributed by atoms with Gasteiger partial charge in [-0.15, -0.1) is 5.10 Å². The number of aromatic nitrogens is 3. The summed E-state index contributed by atoms with van der Waals surface area (Å²) in [4.78, 5) is 50.4. The van der Waals surface area contributed by atoms with Crippen LogP contribution in [0.25, 0.3) is 0 Å². The molecular weight excluding hydrogens is 416 g/mol. The first-order chi connectivity index (χ1) is 15.4. The maximum Gasteiger partial charge on any atom is 0.333 e. The SMILES string of the molecule is COc1ccc(N2CCn3c2nn(CC(=O)Nc2ccc(C(N)=O)cc2)c(=O)c3=O)cc1. The number of hydrogen-bond acceptors (Lipinski definition) is 7. The number of rotatable bonds is 6. The van der Waals surface area contributed by atoms with Crippen molar-refractivity contribution in [1.82, 2.24) is 14.3 Å². The van der Waals surface area contributed by atoms with Gasteiger partial charge >= 0.3 is 11.1 Å². The van der Waals surface area contributed by atoms with E-state index in [1.165, 1.54) is 28.8 Å². The number of benzene rings is 2. The van der Waals surface area contributed by atoms with Crippen molar-refractivity contribution in [2.45, 2.75) is 13.1 Å². The quantitative estimate of drug-likeness (QED) is 0.530. The number of primary amides is 1. The fourth-order valence-electron chi connectivity index (χ4n) is 3.39. The molecule has 11 nitrogen and oxygen atoms in total. The summed E-state index contributed by atoms with van der Waals surface area (Å²) in [5.74, 6) is -0.175. The zero-order valence-electron chi connectivity index (χ0n) is 17.1. The minimum atomic E-state index is -0.885. The Kier molecular flexibility index (Phi) is 5.46. The molecule has 164 valence electrons. The zero-order valence-corrected chi connectivity index (χ0v) is 17.1. The van der Waals surface area contributed by atoms with E-state index >= 15 is 0 Å². The standard InChI is InChI=1S/C21H20N6O5/c1-32-16-8-6-15(7-9-16)25-10-11-26-19(30)20(31)27(24-21(25)26)12-17(28)23-14-4-2-13(3-5-14)18(22)29/h2-9H,10-12H2,1H3,(H2,22,29)(H,23,28). The van der Waals surface area contributed by atoms with Crippen molar-refractivity contribution in [3.8, 4) is 5.75 Å². The second-order valence-electron chi connectivity index (χ2n) is 7.06. The predicted molar refractivity (Wildman–Crippen MR) is 116 cm³/mol. The molecule has 32 heavy (non-hydrogen) atoms. The van der Waals surface area contributed by atoms with Gasteiger partial charge in [-0.2, -0.15) is 0 Å². The first-order valence-corrected chi connectivity index (χ1v) is 9.70. The van der Waals surface area contributed by atoms with Crippen molar-refractivity contribution in [2.24, 2.45) is 5.73 Å². The van der Waals surface area contributed by atoms with Crippen LogP contribution in [0.3, 0.4) is 0 Å². The van der Waals surface area contributed by atoms with Crippen LogP contribution in [0.15, 0.2) is 58.1 Å². The zero-order chi connectivity index (χ0) is 22.8. The number of nitrogens with two attached hydrogens (primary N) is 1. The van der Waals surface area contributed by atoms with E-state index in [0.717, 1.165) is 10.4 Å². The van der Waals surface area contributed by atoms with Crippen LogP contribution in [0.4, 0.5) is 17.3 Å². The van der Waals surface area contributed by atoms with Crippen LogP contribution in [-0.2, 0) is 17.9 Å². The number of nitrogens with zero attached hydrogens (tertiary/aromatic N) is 4. The Bertz CT molecular complexity index is 1290. The van der Waals surface area contributed by atoms with Crippen LogP contribution in [0, 0.1) is 0 Å². The molecule has 11 heteroatoms. The van der Waals surface area contributed by atoms with E-state index in [0.29, 0.717) is 30.1 Å². The number of anilines is 3. The van der Waals surface area contributed by atoms with Crippen LogP contribution < -0.4 is 31.8 Å². The first kappa shape index (κ1) is 20.8. The molecule has 0 bridgehead atoms. The van der Waals surface area contributed by atoms with Gasteiger partial charge in [-0.1, -0.05) is 0 Å². The molecule has 2 aromatic carbocycles. The molecule has 1 aliphatic heterocycles. The average Bonchev–Trinajstić information content (AvgIpc) is 3.21. The summed E-state index contributed by atoms with van der Waals surface area (Å²) in [6, 6.07) is 13.2. The average molecular weight is 436 g/mol. The highest BCUT2D eigenvalue weighted by atomic mass is 16.5. The largest absolute Gasteiger partial charge is 0.497 e. The molecule has 3 N–H and O–H groups in total. The molecule has 0 unspecified atom stereocenters. The second-order valence-corrected chi connectivity index (χ2v) is 7.06. The van der Waals surface area contributed by atoms with Gasteiger partial charge in [0.05, 0.1) is 7.11 Å². The maximum absolute atomic E-state index is 12.6. The van der Waals surface area contributed by atoms with Gasteiger partial charge < -0.3 is 20.7 Å². The van der Waals surface area contributed by atoms with Gasteiger partial charge in [-0.3, -0.25) is 23.7 Å². The van der Waals surface area contributed by atoms with Crippen molar-refractivity contribution in [3.63, 3.8) is 0 Å². The normalized spacial score (nSPS) is 12.3. The van der Waals surface area contributed by atoms with Crippen LogP contribution >= 0.6 is 0 Å². The summed E-state index contributed by atoms with van der Waals surface area (Å²) < 4.78 is 7.31. The molecule has 0 spiro atoms. The van der Waals surface area contributed by atoms with Crippen molar-refractivity contribution in [2.75, 3.05) is 23.9 Å². The van der Waals surface area contributed by atoms with E-state index in [1.807, 2.05) is 12.1 Å². The number of hydrogen-bond donors (Lipinski definition) is 2. The minimum absolute atomic E-state index is 0.276. The monoisotopic (exact) mass is 436 g/mol. The molecular formula is C21H20N6O5. The van der Waals surface area contributed by atoms with Gasteiger partial charge in [-0.05, 0) is 48.5 Å². The Hall–Kier alpha value is -4.41. The molecule has 0 radical (unpaired) electrons. The van der Waals surface area contributed by atoms with E-state index in [4.69, 9.17) is 10.5 Å². The molecule has 2 amide bonds. The molecule has 3 aromatic rings. The van der Waals surface area contributed by atoms with Gasteiger partial charge in [0.1, 0.15) is 12.3 Å². The second kappa shape index (κ2) is 8.38. The molecule has 1 aliphatic rings. The fraction of sp³-hybridized carbons (Fsp3) is 0.190. The third-order valence-electron chi connectivity index (χ3n) is 5.03. The summed E-state index contributed by atoms with van der Waals surface area (Å²) in [7, 11) is 1.57. The lowest BCUT2D eigenvalue weighted by Crippen LogP contribution is -2.44. The van der Waals surface area contributed by atoms with Crippen LogP contribution in [0.1, 0.15) is 10.4 Å². The third-order valence-corrected chi connectivity index (χ3v) is 5.03. The molecule has 1 aromatic heterocycles. The summed E-state index contributed by atoms with van der Waals surface area (Å²) in [6.45, 7) is 0.314. The van der Waals surface area contributed by atoms with Gasteiger partial charge in [0.2, 0.25) is 17.8 Å². The Morgan fingerprint density at radius 3 is 2.34 bits per heavy atom. The predicted octanol–water partition coefficient (Wildman–Crippen LogP) is 0.303. The van der Waals surface area contributed by atoms with Crippen molar-refractivity contribution < 1.29 is 14.3 Å². The molecule has 4 rings (SSSR count). The van der Waals surface area contributed by atoms with E-state index in [9.17, 15) is 19.2 Å². The molecule has 0 aliphatic carbocycles.